The lowest BCUT2D eigenvalue weighted by Crippen LogP contribution is -2.47. The first kappa shape index (κ1) is 13.1. The van der Waals surface area contributed by atoms with Crippen LogP contribution in [0.4, 0.5) is 0 Å². The summed E-state index contributed by atoms with van der Waals surface area (Å²) in [5.74, 6) is -1.80. The number of carboxylic acid groups (broad SMARTS) is 1. The molecule has 0 bridgehead atoms. The lowest BCUT2D eigenvalue weighted by molar-refractivity contribution is -0.141. The number of amides is 1. The molecule has 19 heavy (non-hydrogen) atoms. The number of aliphatic hydroxyl groups is 1. The third-order valence-electron chi connectivity index (χ3n) is 2.87. The topological polar surface area (TPSA) is 102 Å². The van der Waals surface area contributed by atoms with E-state index in [0.717, 1.165) is 5.52 Å². The van der Waals surface area contributed by atoms with Gasteiger partial charge in [-0.25, -0.2) is 4.79 Å². The van der Waals surface area contributed by atoms with Gasteiger partial charge in [-0.3, -0.25) is 4.79 Å². The summed E-state index contributed by atoms with van der Waals surface area (Å²) >= 11 is 0. The summed E-state index contributed by atoms with van der Waals surface area (Å²) in [6, 6.07) is 5.53. The van der Waals surface area contributed by atoms with E-state index in [9.17, 15) is 14.7 Å². The van der Waals surface area contributed by atoms with Crippen molar-refractivity contribution in [2.75, 3.05) is 0 Å². The minimum Gasteiger partial charge on any atom is -0.480 e. The molecule has 6 heteroatoms. The van der Waals surface area contributed by atoms with Crippen molar-refractivity contribution in [3.05, 3.63) is 36.0 Å². The minimum absolute atomic E-state index is 0.366. The average molecular weight is 262 g/mol. The summed E-state index contributed by atoms with van der Waals surface area (Å²) < 4.78 is 0. The van der Waals surface area contributed by atoms with Gasteiger partial charge in [0.1, 0.15) is 0 Å². The van der Waals surface area contributed by atoms with Crippen LogP contribution in [0, 0.1) is 0 Å². The van der Waals surface area contributed by atoms with Crippen LogP contribution in [-0.4, -0.2) is 39.2 Å². The second kappa shape index (κ2) is 5.11. The molecule has 2 aromatic rings. The highest BCUT2D eigenvalue weighted by molar-refractivity contribution is 6.07. The van der Waals surface area contributed by atoms with E-state index in [0.29, 0.717) is 10.9 Å². The molecular weight excluding hydrogens is 248 g/mol. The van der Waals surface area contributed by atoms with Crippen LogP contribution in [-0.2, 0) is 4.79 Å². The lowest BCUT2D eigenvalue weighted by atomic mass is 10.1. The van der Waals surface area contributed by atoms with Crippen LogP contribution >= 0.6 is 0 Å². The second-order valence-corrected chi connectivity index (χ2v) is 4.27. The van der Waals surface area contributed by atoms with Crippen molar-refractivity contribution in [1.82, 2.24) is 10.3 Å². The fourth-order valence-electron chi connectivity index (χ4n) is 1.89. The summed E-state index contributed by atoms with van der Waals surface area (Å²) in [7, 11) is 0. The molecule has 1 aromatic carbocycles. The molecule has 1 amide bonds. The molecule has 0 aliphatic rings. The maximum atomic E-state index is 12.1. The van der Waals surface area contributed by atoms with Gasteiger partial charge in [0, 0.05) is 22.7 Å². The Morgan fingerprint density at radius 1 is 1.32 bits per heavy atom. The Morgan fingerprint density at radius 2 is 2.05 bits per heavy atom. The van der Waals surface area contributed by atoms with E-state index in [1.54, 1.807) is 24.4 Å². The quantitative estimate of drug-likeness (QED) is 0.652. The van der Waals surface area contributed by atoms with E-state index >= 15 is 0 Å². The van der Waals surface area contributed by atoms with Gasteiger partial charge in [0.15, 0.2) is 6.04 Å². The fourth-order valence-corrected chi connectivity index (χ4v) is 1.89. The van der Waals surface area contributed by atoms with Gasteiger partial charge < -0.3 is 20.5 Å². The molecule has 100 valence electrons. The smallest absolute Gasteiger partial charge is 0.328 e. The molecule has 0 saturated carbocycles. The Morgan fingerprint density at radius 3 is 2.68 bits per heavy atom. The molecule has 1 heterocycles. The molecule has 0 spiro atoms. The van der Waals surface area contributed by atoms with E-state index in [-0.39, 0.29) is 0 Å². The zero-order chi connectivity index (χ0) is 14.0. The molecule has 0 fully saturated rings. The number of H-pyrrole nitrogens is 1. The standard InChI is InChI=1S/C13H14N2O4/c1-7(16)11(13(18)19)15-12(17)9-3-2-4-10-8(9)5-6-14-10/h2-7,11,14,16H,1H3,(H,15,17)(H,18,19). The summed E-state index contributed by atoms with van der Waals surface area (Å²) in [4.78, 5) is 26.0. The molecule has 0 radical (unpaired) electrons. The summed E-state index contributed by atoms with van der Waals surface area (Å²) in [5, 5.41) is 21.3. The molecule has 1 aromatic heterocycles. The number of fused-ring (bicyclic) bond motifs is 1. The Kier molecular flexibility index (Phi) is 3.52. The molecule has 2 rings (SSSR count). The van der Waals surface area contributed by atoms with Gasteiger partial charge in [0.2, 0.25) is 0 Å². The number of rotatable bonds is 4. The van der Waals surface area contributed by atoms with Crippen molar-refractivity contribution in [3.8, 4) is 0 Å². The number of aromatic nitrogens is 1. The van der Waals surface area contributed by atoms with E-state index < -0.39 is 24.0 Å². The highest BCUT2D eigenvalue weighted by Gasteiger charge is 2.25. The van der Waals surface area contributed by atoms with E-state index in [1.165, 1.54) is 6.92 Å². The van der Waals surface area contributed by atoms with Gasteiger partial charge >= 0.3 is 5.97 Å². The SMILES string of the molecule is CC(O)C(NC(=O)c1cccc2[nH]ccc12)C(=O)O. The van der Waals surface area contributed by atoms with Crippen LogP contribution < -0.4 is 5.32 Å². The van der Waals surface area contributed by atoms with Gasteiger partial charge in [-0.2, -0.15) is 0 Å². The van der Waals surface area contributed by atoms with E-state index in [4.69, 9.17) is 5.11 Å². The predicted molar refractivity (Wildman–Crippen MR) is 68.9 cm³/mol. The molecule has 0 aliphatic carbocycles. The Balaban J connectivity index is 2.29. The van der Waals surface area contributed by atoms with Crippen LogP contribution in [0.15, 0.2) is 30.5 Å². The average Bonchev–Trinajstić information content (AvgIpc) is 2.82. The molecule has 0 saturated heterocycles. The molecule has 0 aliphatic heterocycles. The number of aromatic amines is 1. The summed E-state index contributed by atoms with van der Waals surface area (Å²) in [6.07, 6.45) is 0.525. The fraction of sp³-hybridized carbons (Fsp3) is 0.231. The summed E-state index contributed by atoms with van der Waals surface area (Å²) in [6.45, 7) is 1.32. The maximum absolute atomic E-state index is 12.1. The number of nitrogens with one attached hydrogen (secondary N) is 2. The lowest BCUT2D eigenvalue weighted by Gasteiger charge is -2.17. The number of carboxylic acids is 1. The number of benzene rings is 1. The summed E-state index contributed by atoms with van der Waals surface area (Å²) in [5.41, 5.74) is 1.15. The van der Waals surface area contributed by atoms with Crippen molar-refractivity contribution >= 4 is 22.8 Å². The molecule has 6 nitrogen and oxygen atoms in total. The van der Waals surface area contributed by atoms with Gasteiger partial charge in [-0.05, 0) is 25.1 Å². The van der Waals surface area contributed by atoms with Gasteiger partial charge in [0.25, 0.3) is 5.91 Å². The maximum Gasteiger partial charge on any atom is 0.328 e. The second-order valence-electron chi connectivity index (χ2n) is 4.27. The van der Waals surface area contributed by atoms with Crippen molar-refractivity contribution in [2.45, 2.75) is 19.1 Å². The first-order valence-corrected chi connectivity index (χ1v) is 5.78. The van der Waals surface area contributed by atoms with Crippen LogP contribution in [0.1, 0.15) is 17.3 Å². The van der Waals surface area contributed by atoms with Gasteiger partial charge in [-0.15, -0.1) is 0 Å². The zero-order valence-corrected chi connectivity index (χ0v) is 10.3. The highest BCUT2D eigenvalue weighted by Crippen LogP contribution is 2.17. The number of hydrogen-bond donors (Lipinski definition) is 4. The van der Waals surface area contributed by atoms with Gasteiger partial charge in [0.05, 0.1) is 6.10 Å². The highest BCUT2D eigenvalue weighted by atomic mass is 16.4. The minimum atomic E-state index is -1.33. The Hall–Kier alpha value is -2.34. The first-order chi connectivity index (χ1) is 9.00. The predicted octanol–water partition coefficient (Wildman–Crippen LogP) is 0.732. The van der Waals surface area contributed by atoms with Crippen molar-refractivity contribution in [2.24, 2.45) is 0 Å². The molecule has 2 atom stereocenters. The monoisotopic (exact) mass is 262 g/mol. The Bertz CT molecular complexity index is 618. The number of carbonyl (C=O) groups is 2. The zero-order valence-electron chi connectivity index (χ0n) is 10.3. The van der Waals surface area contributed by atoms with E-state index in [2.05, 4.69) is 10.3 Å². The van der Waals surface area contributed by atoms with Crippen LogP contribution in [0.25, 0.3) is 10.9 Å². The van der Waals surface area contributed by atoms with Crippen LogP contribution in [0.2, 0.25) is 0 Å². The number of carbonyl (C=O) groups excluding carboxylic acids is 1. The number of hydrogen-bond acceptors (Lipinski definition) is 3. The van der Waals surface area contributed by atoms with Crippen molar-refractivity contribution in [3.63, 3.8) is 0 Å². The van der Waals surface area contributed by atoms with Crippen LogP contribution in [0.5, 0.6) is 0 Å². The van der Waals surface area contributed by atoms with Gasteiger partial charge in [-0.1, -0.05) is 6.07 Å². The van der Waals surface area contributed by atoms with Crippen LogP contribution in [0.3, 0.4) is 0 Å². The molecule has 2 unspecified atom stereocenters. The third-order valence-corrected chi connectivity index (χ3v) is 2.87. The third kappa shape index (κ3) is 2.58. The molecular formula is C13H14N2O4. The van der Waals surface area contributed by atoms with Crippen molar-refractivity contribution in [1.29, 1.82) is 0 Å². The largest absolute Gasteiger partial charge is 0.480 e. The first-order valence-electron chi connectivity index (χ1n) is 5.78. The Labute approximate surface area is 109 Å². The number of aliphatic carboxylic acids is 1. The molecule has 4 N–H and O–H groups in total. The van der Waals surface area contributed by atoms with E-state index in [1.807, 2.05) is 6.07 Å². The number of aliphatic hydroxyl groups excluding tert-OH is 1. The normalized spacial score (nSPS) is 14.0. The van der Waals surface area contributed by atoms with Crippen molar-refractivity contribution < 1.29 is 19.8 Å².